The molecule has 2 aliphatic heterocycles. The summed E-state index contributed by atoms with van der Waals surface area (Å²) >= 11 is 0. The number of hydrogen-bond acceptors (Lipinski definition) is 4. The SMILES string of the molecule is CNC(=O)c1cc(C(=O)NC2[C@H]3COC[C@@H]23)cc2c1OCC2c1cccc2c1ccn2C. The summed E-state index contributed by atoms with van der Waals surface area (Å²) in [7, 11) is 3.61. The van der Waals surface area contributed by atoms with Gasteiger partial charge in [-0.15, -0.1) is 0 Å². The second-order valence-electron chi connectivity index (χ2n) is 8.96. The second-order valence-corrected chi connectivity index (χ2v) is 8.96. The Morgan fingerprint density at radius 1 is 1.03 bits per heavy atom. The van der Waals surface area contributed by atoms with Crippen LogP contribution in [0.1, 0.15) is 37.8 Å². The van der Waals surface area contributed by atoms with Gasteiger partial charge in [-0.2, -0.15) is 0 Å². The van der Waals surface area contributed by atoms with E-state index in [1.54, 1.807) is 13.1 Å². The summed E-state index contributed by atoms with van der Waals surface area (Å²) in [6.45, 7) is 1.85. The van der Waals surface area contributed by atoms with Crippen molar-refractivity contribution in [3.63, 3.8) is 0 Å². The average Bonchev–Trinajstić information content (AvgIpc) is 3.27. The van der Waals surface area contributed by atoms with Crippen molar-refractivity contribution in [1.82, 2.24) is 15.2 Å². The Morgan fingerprint density at radius 2 is 1.84 bits per heavy atom. The number of amides is 2. The fourth-order valence-corrected chi connectivity index (χ4v) is 5.34. The topological polar surface area (TPSA) is 81.6 Å². The molecule has 7 nitrogen and oxygen atoms in total. The second kappa shape index (κ2) is 7.10. The lowest BCUT2D eigenvalue weighted by Gasteiger charge is -2.14. The maximum atomic E-state index is 13.1. The molecule has 1 aromatic heterocycles. The van der Waals surface area contributed by atoms with Gasteiger partial charge >= 0.3 is 0 Å². The zero-order chi connectivity index (χ0) is 22.0. The highest BCUT2D eigenvalue weighted by molar-refractivity contribution is 6.02. The number of carbonyl (C=O) groups is 2. The van der Waals surface area contributed by atoms with Crippen molar-refractivity contribution in [2.24, 2.45) is 18.9 Å². The molecule has 3 aromatic rings. The Bertz CT molecular complexity index is 1250. The molecule has 32 heavy (non-hydrogen) atoms. The fraction of sp³-hybridized carbons (Fsp3) is 0.360. The fourth-order valence-electron chi connectivity index (χ4n) is 5.34. The molecule has 1 saturated heterocycles. The monoisotopic (exact) mass is 431 g/mol. The molecular weight excluding hydrogens is 406 g/mol. The van der Waals surface area contributed by atoms with Crippen molar-refractivity contribution < 1.29 is 19.1 Å². The van der Waals surface area contributed by atoms with Crippen molar-refractivity contribution in [2.45, 2.75) is 12.0 Å². The standard InChI is InChI=1S/C25H25N3O4/c1-26-25(30)17-9-13(24(29)27-22-19-10-31-11-20(19)22)8-16-18(12-32-23(16)17)14-4-3-5-21-15(14)6-7-28(21)2/h3-9,18-20,22H,10-12H2,1-2H3,(H,26,30)(H,27,29)/t18?,19-,20+,22?. The first kappa shape index (κ1) is 19.4. The van der Waals surface area contributed by atoms with Crippen LogP contribution in [0.25, 0.3) is 10.9 Å². The summed E-state index contributed by atoms with van der Waals surface area (Å²) in [5.74, 6) is 0.931. The minimum Gasteiger partial charge on any atom is -0.491 e. The van der Waals surface area contributed by atoms with Gasteiger partial charge in [0.2, 0.25) is 0 Å². The van der Waals surface area contributed by atoms with Gasteiger partial charge < -0.3 is 24.7 Å². The van der Waals surface area contributed by atoms with E-state index >= 15 is 0 Å². The molecule has 3 heterocycles. The highest BCUT2D eigenvalue weighted by Crippen LogP contribution is 2.45. The summed E-state index contributed by atoms with van der Waals surface area (Å²) in [6, 6.07) is 12.0. The molecule has 164 valence electrons. The number of hydrogen-bond donors (Lipinski definition) is 2. The average molecular weight is 431 g/mol. The third kappa shape index (κ3) is 2.84. The molecule has 0 spiro atoms. The van der Waals surface area contributed by atoms with Crippen molar-refractivity contribution in [2.75, 3.05) is 26.9 Å². The van der Waals surface area contributed by atoms with Crippen molar-refractivity contribution in [1.29, 1.82) is 0 Å². The van der Waals surface area contributed by atoms with Crippen LogP contribution in [-0.2, 0) is 11.8 Å². The van der Waals surface area contributed by atoms with Crippen LogP contribution in [0.3, 0.4) is 0 Å². The van der Waals surface area contributed by atoms with E-state index in [9.17, 15) is 9.59 Å². The number of ether oxygens (including phenoxy) is 2. The number of benzene rings is 2. The van der Waals surface area contributed by atoms with Crippen LogP contribution in [0.5, 0.6) is 5.75 Å². The third-order valence-corrected chi connectivity index (χ3v) is 7.21. The van der Waals surface area contributed by atoms with Gasteiger partial charge in [-0.05, 0) is 29.8 Å². The van der Waals surface area contributed by atoms with Crippen LogP contribution in [0.15, 0.2) is 42.6 Å². The molecule has 1 aliphatic carbocycles. The molecule has 2 N–H and O–H groups in total. The van der Waals surface area contributed by atoms with E-state index in [0.29, 0.717) is 48.5 Å². The molecule has 2 fully saturated rings. The van der Waals surface area contributed by atoms with E-state index in [4.69, 9.17) is 9.47 Å². The lowest BCUT2D eigenvalue weighted by atomic mass is 9.88. The molecule has 0 bridgehead atoms. The molecular formula is C25H25N3O4. The van der Waals surface area contributed by atoms with Gasteiger partial charge in [-0.25, -0.2) is 0 Å². The van der Waals surface area contributed by atoms with Crippen LogP contribution in [0, 0.1) is 11.8 Å². The molecule has 2 amide bonds. The highest BCUT2D eigenvalue weighted by Gasteiger charge is 2.54. The number of carbonyl (C=O) groups excluding carboxylic acids is 2. The number of fused-ring (bicyclic) bond motifs is 3. The Kier molecular flexibility index (Phi) is 4.30. The molecule has 3 aliphatic rings. The quantitative estimate of drug-likeness (QED) is 0.665. The summed E-state index contributed by atoms with van der Waals surface area (Å²) < 4.78 is 13.6. The Hall–Kier alpha value is -3.32. The van der Waals surface area contributed by atoms with Gasteiger partial charge in [0.05, 0.1) is 25.4 Å². The van der Waals surface area contributed by atoms with Gasteiger partial charge in [0.15, 0.2) is 0 Å². The summed E-state index contributed by atoms with van der Waals surface area (Å²) in [4.78, 5) is 25.8. The van der Waals surface area contributed by atoms with E-state index in [2.05, 4.69) is 33.4 Å². The van der Waals surface area contributed by atoms with Crippen LogP contribution in [0.4, 0.5) is 0 Å². The zero-order valence-electron chi connectivity index (χ0n) is 18.1. The van der Waals surface area contributed by atoms with E-state index < -0.39 is 0 Å². The molecule has 7 heteroatoms. The molecule has 4 atom stereocenters. The lowest BCUT2D eigenvalue weighted by Crippen LogP contribution is -2.30. The Balaban J connectivity index is 1.41. The number of aryl methyl sites for hydroxylation is 1. The first-order valence-corrected chi connectivity index (χ1v) is 11.0. The predicted octanol–water partition coefficient (Wildman–Crippen LogP) is 2.44. The third-order valence-electron chi connectivity index (χ3n) is 7.21. The summed E-state index contributed by atoms with van der Waals surface area (Å²) in [5.41, 5.74) is 4.04. The normalized spacial score (nSPS) is 25.2. The Labute approximate surface area is 185 Å². The van der Waals surface area contributed by atoms with E-state index in [0.717, 1.165) is 22.0 Å². The van der Waals surface area contributed by atoms with Crippen LogP contribution in [-0.4, -0.2) is 49.3 Å². The van der Waals surface area contributed by atoms with Crippen LogP contribution >= 0.6 is 0 Å². The zero-order valence-corrected chi connectivity index (χ0v) is 18.1. The molecule has 2 unspecified atom stereocenters. The van der Waals surface area contributed by atoms with Crippen molar-refractivity contribution >= 4 is 22.7 Å². The number of nitrogens with zero attached hydrogens (tertiary/aromatic N) is 1. The minimum absolute atomic E-state index is 0.0547. The number of aromatic nitrogens is 1. The van der Waals surface area contributed by atoms with E-state index in [1.165, 1.54) is 0 Å². The Morgan fingerprint density at radius 3 is 2.62 bits per heavy atom. The van der Waals surface area contributed by atoms with Crippen LogP contribution in [0.2, 0.25) is 0 Å². The highest BCUT2D eigenvalue weighted by atomic mass is 16.5. The maximum absolute atomic E-state index is 13.1. The smallest absolute Gasteiger partial charge is 0.254 e. The molecule has 2 aromatic carbocycles. The van der Waals surface area contributed by atoms with Gasteiger partial charge in [0, 0.05) is 66.1 Å². The van der Waals surface area contributed by atoms with Gasteiger partial charge in [0.1, 0.15) is 5.75 Å². The van der Waals surface area contributed by atoms with Crippen molar-refractivity contribution in [3.05, 3.63) is 64.8 Å². The molecule has 6 rings (SSSR count). The minimum atomic E-state index is -0.258. The largest absolute Gasteiger partial charge is 0.491 e. The molecule has 1 saturated carbocycles. The lowest BCUT2D eigenvalue weighted by molar-refractivity contribution is 0.0929. The van der Waals surface area contributed by atoms with Crippen molar-refractivity contribution in [3.8, 4) is 5.75 Å². The number of nitrogens with one attached hydrogen (secondary N) is 2. The predicted molar refractivity (Wildman–Crippen MR) is 119 cm³/mol. The number of rotatable bonds is 4. The summed E-state index contributed by atoms with van der Waals surface area (Å²) in [6.07, 6.45) is 2.04. The van der Waals surface area contributed by atoms with E-state index in [-0.39, 0.29) is 23.8 Å². The summed E-state index contributed by atoms with van der Waals surface area (Å²) in [5, 5.41) is 6.97. The van der Waals surface area contributed by atoms with Crippen LogP contribution < -0.4 is 15.4 Å². The first-order valence-electron chi connectivity index (χ1n) is 11.0. The molecule has 0 radical (unpaired) electrons. The van der Waals surface area contributed by atoms with Gasteiger partial charge in [-0.3, -0.25) is 9.59 Å². The first-order chi connectivity index (χ1) is 15.6. The van der Waals surface area contributed by atoms with Gasteiger partial charge in [-0.1, -0.05) is 12.1 Å². The maximum Gasteiger partial charge on any atom is 0.254 e. The van der Waals surface area contributed by atoms with Gasteiger partial charge in [0.25, 0.3) is 11.8 Å². The van der Waals surface area contributed by atoms with E-state index in [1.807, 2.05) is 25.4 Å².